The number of ether oxygens (including phenoxy) is 2. The molecule has 0 radical (unpaired) electrons. The topological polar surface area (TPSA) is 92.8 Å². The van der Waals surface area contributed by atoms with Crippen molar-refractivity contribution in [2.75, 3.05) is 19.1 Å². The Kier molecular flexibility index (Phi) is 7.93. The maximum atomic E-state index is 13.0. The Hall–Kier alpha value is -3.78. The zero-order chi connectivity index (χ0) is 27.5. The van der Waals surface area contributed by atoms with E-state index in [4.69, 9.17) is 21.1 Å². The van der Waals surface area contributed by atoms with Crippen LogP contribution in [0.5, 0.6) is 11.5 Å². The summed E-state index contributed by atoms with van der Waals surface area (Å²) in [7, 11) is 3.20. The second-order valence-corrected chi connectivity index (χ2v) is 10.5. The van der Waals surface area contributed by atoms with Gasteiger partial charge in [-0.15, -0.1) is 0 Å². The van der Waals surface area contributed by atoms with Crippen LogP contribution in [0.4, 0.5) is 5.82 Å². The van der Waals surface area contributed by atoms with Gasteiger partial charge >= 0.3 is 0 Å². The van der Waals surface area contributed by atoms with Gasteiger partial charge in [0.25, 0.3) is 11.8 Å². The number of benzene rings is 2. The fraction of sp³-hybridized carbons (Fsp3) is 0.367. The molecule has 2 N–H and O–H groups in total. The first-order valence-electron chi connectivity index (χ1n) is 13.2. The Morgan fingerprint density at radius 2 is 1.79 bits per heavy atom. The molecule has 1 aromatic heterocycles. The van der Waals surface area contributed by atoms with E-state index in [0.29, 0.717) is 46.3 Å². The van der Waals surface area contributed by atoms with E-state index in [1.54, 1.807) is 26.5 Å². The molecule has 2 saturated heterocycles. The predicted octanol–water partition coefficient (Wildman–Crippen LogP) is 4.92. The number of methoxy groups -OCH3 is 2. The third-order valence-electron chi connectivity index (χ3n) is 7.79. The molecule has 2 amide bonds. The quantitative estimate of drug-likeness (QED) is 0.415. The maximum absolute atomic E-state index is 13.0. The van der Waals surface area contributed by atoms with Crippen LogP contribution in [0, 0.1) is 6.92 Å². The number of carbonyl (C=O) groups is 2. The average molecular weight is 549 g/mol. The molecule has 0 saturated carbocycles. The molecule has 204 valence electrons. The van der Waals surface area contributed by atoms with Crippen LogP contribution < -0.4 is 25.0 Å². The summed E-state index contributed by atoms with van der Waals surface area (Å²) in [4.78, 5) is 32.8. The normalized spacial score (nSPS) is 19.9. The molecular weight excluding hydrogens is 516 g/mol. The Bertz CT molecular complexity index is 1350. The van der Waals surface area contributed by atoms with Crippen molar-refractivity contribution in [3.05, 3.63) is 82.0 Å². The summed E-state index contributed by atoms with van der Waals surface area (Å²) < 4.78 is 10.5. The van der Waals surface area contributed by atoms with Crippen molar-refractivity contribution in [2.45, 2.75) is 57.3 Å². The molecule has 2 aliphatic heterocycles. The Morgan fingerprint density at radius 3 is 2.44 bits per heavy atom. The highest BCUT2D eigenvalue weighted by molar-refractivity contribution is 6.31. The van der Waals surface area contributed by atoms with Crippen LogP contribution in [-0.4, -0.2) is 49.1 Å². The maximum Gasteiger partial charge on any atom is 0.253 e. The van der Waals surface area contributed by atoms with Gasteiger partial charge in [0.15, 0.2) is 0 Å². The van der Waals surface area contributed by atoms with Crippen LogP contribution in [-0.2, 0) is 6.54 Å². The molecule has 5 rings (SSSR count). The lowest BCUT2D eigenvalue weighted by Crippen LogP contribution is -2.50. The van der Waals surface area contributed by atoms with Crippen LogP contribution in [0.25, 0.3) is 0 Å². The molecule has 3 aromatic rings. The number of nitrogens with zero attached hydrogens (tertiary/aromatic N) is 2. The summed E-state index contributed by atoms with van der Waals surface area (Å²) in [5.41, 5.74) is 2.79. The van der Waals surface area contributed by atoms with Gasteiger partial charge in [-0.25, -0.2) is 4.98 Å². The van der Waals surface area contributed by atoms with Crippen molar-refractivity contribution in [1.29, 1.82) is 0 Å². The van der Waals surface area contributed by atoms with Crippen molar-refractivity contribution < 1.29 is 19.1 Å². The van der Waals surface area contributed by atoms with E-state index in [-0.39, 0.29) is 17.9 Å². The molecule has 0 aliphatic carbocycles. The monoisotopic (exact) mass is 548 g/mol. The smallest absolute Gasteiger partial charge is 0.253 e. The molecule has 2 bridgehead atoms. The van der Waals surface area contributed by atoms with Gasteiger partial charge in [0.1, 0.15) is 17.3 Å². The predicted molar refractivity (Wildman–Crippen MR) is 151 cm³/mol. The second kappa shape index (κ2) is 11.5. The van der Waals surface area contributed by atoms with E-state index < -0.39 is 0 Å². The van der Waals surface area contributed by atoms with Crippen molar-refractivity contribution in [2.24, 2.45) is 0 Å². The zero-order valence-electron chi connectivity index (χ0n) is 22.4. The van der Waals surface area contributed by atoms with E-state index in [1.165, 1.54) is 0 Å². The van der Waals surface area contributed by atoms with Gasteiger partial charge in [0, 0.05) is 47.0 Å². The van der Waals surface area contributed by atoms with E-state index >= 15 is 0 Å². The number of carbonyl (C=O) groups excluding carboxylic acids is 2. The number of fused-ring (bicyclic) bond motifs is 2. The minimum absolute atomic E-state index is 0.0614. The molecule has 2 fully saturated rings. The molecule has 3 heterocycles. The summed E-state index contributed by atoms with van der Waals surface area (Å²) in [5, 5.41) is 6.69. The number of nitrogens with one attached hydrogen (secondary N) is 2. The molecular formula is C30H33ClN4O4. The Morgan fingerprint density at radius 1 is 1.03 bits per heavy atom. The standard InChI is InChI=1S/C30H33ClN4O4/c1-18-25(5-4-6-27(18)39-3)30(37)34-21-13-22-9-10-23(14-21)35(22)28-12-8-20(17-32-28)29(36)33-16-19-7-11-24(38-2)15-26(19)31/h4-8,11-12,15,17,21-23H,9-10,13-14,16H2,1-3H3,(H,33,36)(H,34,37)/t21-,22+,23-. The highest BCUT2D eigenvalue weighted by atomic mass is 35.5. The fourth-order valence-corrected chi connectivity index (χ4v) is 6.00. The first kappa shape index (κ1) is 26.8. The Balaban J connectivity index is 1.19. The lowest BCUT2D eigenvalue weighted by Gasteiger charge is -2.40. The summed E-state index contributed by atoms with van der Waals surface area (Å²) in [5.74, 6) is 1.98. The van der Waals surface area contributed by atoms with Gasteiger partial charge in [-0.2, -0.15) is 0 Å². The highest BCUT2D eigenvalue weighted by Gasteiger charge is 2.42. The van der Waals surface area contributed by atoms with Crippen molar-refractivity contribution in [3.63, 3.8) is 0 Å². The molecule has 39 heavy (non-hydrogen) atoms. The van der Waals surface area contributed by atoms with Crippen molar-refractivity contribution in [3.8, 4) is 11.5 Å². The second-order valence-electron chi connectivity index (χ2n) is 10.1. The van der Waals surface area contributed by atoms with Crippen molar-refractivity contribution >= 4 is 29.2 Å². The van der Waals surface area contributed by atoms with Crippen LogP contribution >= 0.6 is 11.6 Å². The van der Waals surface area contributed by atoms with Gasteiger partial charge in [0.05, 0.1) is 19.8 Å². The van der Waals surface area contributed by atoms with Crippen LogP contribution in [0.1, 0.15) is 57.5 Å². The number of piperidine rings is 1. The number of amides is 2. The number of hydrogen-bond acceptors (Lipinski definition) is 6. The van der Waals surface area contributed by atoms with E-state index in [2.05, 4.69) is 20.5 Å². The minimum atomic E-state index is -0.210. The Labute approximate surface area is 233 Å². The van der Waals surface area contributed by atoms with Gasteiger partial charge in [0.2, 0.25) is 0 Å². The SMILES string of the molecule is COc1ccc(CNC(=O)c2ccc(N3[C@@H]4CC[C@H]3C[C@@H](NC(=O)c3cccc(OC)c3C)C4)nc2)c(Cl)c1. The number of rotatable bonds is 8. The third kappa shape index (κ3) is 5.66. The molecule has 0 unspecified atom stereocenters. The number of halogens is 1. The lowest BCUT2D eigenvalue weighted by molar-refractivity contribution is 0.0923. The molecule has 9 heteroatoms. The van der Waals surface area contributed by atoms with E-state index in [9.17, 15) is 9.59 Å². The molecule has 8 nitrogen and oxygen atoms in total. The minimum Gasteiger partial charge on any atom is -0.497 e. The van der Waals surface area contributed by atoms with Crippen LogP contribution in [0.3, 0.4) is 0 Å². The van der Waals surface area contributed by atoms with Gasteiger partial charge < -0.3 is 25.0 Å². The lowest BCUT2D eigenvalue weighted by atomic mass is 9.96. The molecule has 3 atom stereocenters. The summed E-state index contributed by atoms with van der Waals surface area (Å²) >= 11 is 6.29. The van der Waals surface area contributed by atoms with Crippen LogP contribution in [0.15, 0.2) is 54.7 Å². The number of anilines is 1. The number of aromatic nitrogens is 1. The molecule has 2 aliphatic rings. The first-order valence-corrected chi connectivity index (χ1v) is 13.5. The fourth-order valence-electron chi connectivity index (χ4n) is 5.76. The zero-order valence-corrected chi connectivity index (χ0v) is 23.1. The largest absolute Gasteiger partial charge is 0.497 e. The van der Waals surface area contributed by atoms with Crippen molar-refractivity contribution in [1.82, 2.24) is 15.6 Å². The summed E-state index contributed by atoms with van der Waals surface area (Å²) in [6, 6.07) is 15.3. The van der Waals surface area contributed by atoms with E-state index in [1.807, 2.05) is 49.4 Å². The number of pyridine rings is 1. The summed E-state index contributed by atoms with van der Waals surface area (Å²) in [6.45, 7) is 2.21. The van der Waals surface area contributed by atoms with E-state index in [0.717, 1.165) is 42.6 Å². The highest BCUT2D eigenvalue weighted by Crippen LogP contribution is 2.38. The third-order valence-corrected chi connectivity index (χ3v) is 8.14. The summed E-state index contributed by atoms with van der Waals surface area (Å²) in [6.07, 6.45) is 5.46. The van der Waals surface area contributed by atoms with Gasteiger partial charge in [-0.1, -0.05) is 23.7 Å². The first-order chi connectivity index (χ1) is 18.9. The van der Waals surface area contributed by atoms with Gasteiger partial charge in [-0.05, 0) is 74.6 Å². The molecule has 2 aromatic carbocycles. The number of hydrogen-bond donors (Lipinski definition) is 2. The van der Waals surface area contributed by atoms with Gasteiger partial charge in [-0.3, -0.25) is 9.59 Å². The molecule has 0 spiro atoms. The van der Waals surface area contributed by atoms with Crippen LogP contribution in [0.2, 0.25) is 5.02 Å². The average Bonchev–Trinajstić information content (AvgIpc) is 3.22.